The number of unbranched alkanes of at least 4 members (excludes halogenated alkanes) is 1. The number of carboxylic acids is 1. The largest absolute Gasteiger partial charge is 1.00 e. The van der Waals surface area contributed by atoms with Crippen LogP contribution >= 0.6 is 0 Å². The Morgan fingerprint density at radius 1 is 1.00 bits per heavy atom. The Morgan fingerprint density at radius 3 is 2.12 bits per heavy atom. The molecule has 1 N–H and O–H groups in total. The normalized spacial score (nSPS) is 10.5. The number of aryl methyl sites for hydroxylation is 2. The molecule has 1 aromatic heterocycles. The summed E-state index contributed by atoms with van der Waals surface area (Å²) >= 11 is 0. The highest BCUT2D eigenvalue weighted by Crippen LogP contribution is 2.09. The molecule has 1 heterocycles. The molecule has 0 aliphatic rings. The number of pyridine rings is 1. The number of hydrogen-bond donors (Lipinski definition) is 1. The molecular formula is C20H24ClNO2. The first-order valence-electron chi connectivity index (χ1n) is 8.15. The second kappa shape index (κ2) is 10.6. The third-order valence-electron chi connectivity index (χ3n) is 3.83. The summed E-state index contributed by atoms with van der Waals surface area (Å²) in [5.41, 5.74) is 3.71. The molecule has 0 aliphatic carbocycles. The Hall–Kier alpha value is -2.13. The molecule has 24 heavy (non-hydrogen) atoms. The fourth-order valence-electron chi connectivity index (χ4n) is 2.36. The van der Waals surface area contributed by atoms with Crippen molar-refractivity contribution in [3.05, 3.63) is 65.5 Å². The van der Waals surface area contributed by atoms with Crippen molar-refractivity contribution >= 4 is 18.1 Å². The lowest BCUT2D eigenvalue weighted by Gasteiger charge is -1.99. The van der Waals surface area contributed by atoms with Gasteiger partial charge in [0.1, 0.15) is 6.54 Å². The Kier molecular flexibility index (Phi) is 8.80. The van der Waals surface area contributed by atoms with Crippen LogP contribution in [0.1, 0.15) is 42.9 Å². The Morgan fingerprint density at radius 2 is 1.58 bits per heavy atom. The van der Waals surface area contributed by atoms with Crippen molar-refractivity contribution in [2.75, 3.05) is 0 Å². The number of carbonyl (C=O) groups is 1. The van der Waals surface area contributed by atoms with Crippen LogP contribution in [0.15, 0.2) is 48.8 Å². The van der Waals surface area contributed by atoms with E-state index in [-0.39, 0.29) is 18.8 Å². The van der Waals surface area contributed by atoms with Gasteiger partial charge < -0.3 is 17.5 Å². The van der Waals surface area contributed by atoms with Crippen molar-refractivity contribution in [3.8, 4) is 0 Å². The van der Waals surface area contributed by atoms with Crippen molar-refractivity contribution in [3.63, 3.8) is 0 Å². The zero-order valence-electron chi connectivity index (χ0n) is 14.0. The van der Waals surface area contributed by atoms with Gasteiger partial charge in [0.05, 0.1) is 0 Å². The predicted octanol–water partition coefficient (Wildman–Crippen LogP) is 0.966. The van der Waals surface area contributed by atoms with Gasteiger partial charge in [0.2, 0.25) is 0 Å². The molecule has 0 fully saturated rings. The number of benzene rings is 1. The van der Waals surface area contributed by atoms with Crippen LogP contribution in [0, 0.1) is 0 Å². The highest BCUT2D eigenvalue weighted by Gasteiger charge is 2.02. The van der Waals surface area contributed by atoms with E-state index in [4.69, 9.17) is 5.11 Å². The number of nitrogens with zero attached hydrogens (tertiary/aromatic N) is 1. The lowest BCUT2D eigenvalue weighted by Crippen LogP contribution is -3.00. The van der Waals surface area contributed by atoms with Crippen molar-refractivity contribution in [2.24, 2.45) is 0 Å². The molecule has 0 aliphatic heterocycles. The van der Waals surface area contributed by atoms with E-state index in [9.17, 15) is 4.79 Å². The van der Waals surface area contributed by atoms with Gasteiger partial charge in [-0.3, -0.25) is 4.79 Å². The Balaban J connectivity index is 0.00000288. The van der Waals surface area contributed by atoms with Gasteiger partial charge in [-0.25, -0.2) is 4.57 Å². The first kappa shape index (κ1) is 19.9. The summed E-state index contributed by atoms with van der Waals surface area (Å²) in [6.45, 7) is 3.02. The number of hydrogen-bond acceptors (Lipinski definition) is 1. The SMILES string of the molecule is CCc1ccc(/C=C\c2cc[n+](CCCCC(=O)O)cc2)cc1.[Cl-]. The molecular weight excluding hydrogens is 322 g/mol. The van der Waals surface area contributed by atoms with Crippen molar-refractivity contribution in [1.82, 2.24) is 0 Å². The van der Waals surface area contributed by atoms with Crippen LogP contribution in [0.25, 0.3) is 12.2 Å². The molecule has 0 bridgehead atoms. The van der Waals surface area contributed by atoms with Crippen LogP contribution in [0.2, 0.25) is 0 Å². The van der Waals surface area contributed by atoms with Crippen LogP contribution in [0.4, 0.5) is 0 Å². The molecule has 128 valence electrons. The third kappa shape index (κ3) is 6.97. The molecule has 0 amide bonds. The van der Waals surface area contributed by atoms with Crippen LogP contribution in [-0.4, -0.2) is 11.1 Å². The first-order valence-corrected chi connectivity index (χ1v) is 8.15. The monoisotopic (exact) mass is 345 g/mol. The molecule has 3 nitrogen and oxygen atoms in total. The molecule has 2 rings (SSSR count). The molecule has 0 saturated heterocycles. The van der Waals surface area contributed by atoms with E-state index in [1.54, 1.807) is 0 Å². The fourth-order valence-corrected chi connectivity index (χ4v) is 2.36. The lowest BCUT2D eigenvalue weighted by atomic mass is 10.1. The Bertz CT molecular complexity index is 648. The van der Waals surface area contributed by atoms with E-state index in [1.807, 2.05) is 12.4 Å². The standard InChI is InChI=1S/C20H23NO2.ClH/c1-2-17-6-8-18(9-7-17)10-11-19-12-15-21(16-13-19)14-4-3-5-20(22)23;/h6-13,15-16H,2-5,14H2,1H3;1H/b11-10-;. The summed E-state index contributed by atoms with van der Waals surface area (Å²) in [6.07, 6.45) is 11.2. The van der Waals surface area contributed by atoms with Crippen molar-refractivity contribution in [1.29, 1.82) is 0 Å². The molecule has 0 atom stereocenters. The minimum absolute atomic E-state index is 0. The quantitative estimate of drug-likeness (QED) is 0.572. The zero-order chi connectivity index (χ0) is 16.5. The van der Waals surface area contributed by atoms with Crippen LogP contribution in [0.5, 0.6) is 0 Å². The van der Waals surface area contributed by atoms with E-state index in [1.165, 1.54) is 11.1 Å². The summed E-state index contributed by atoms with van der Waals surface area (Å²) in [5, 5.41) is 8.61. The molecule has 2 aromatic rings. The van der Waals surface area contributed by atoms with E-state index in [2.05, 4.69) is 60.0 Å². The van der Waals surface area contributed by atoms with Gasteiger partial charge >= 0.3 is 5.97 Å². The van der Waals surface area contributed by atoms with Gasteiger partial charge in [0, 0.05) is 25.0 Å². The lowest BCUT2D eigenvalue weighted by molar-refractivity contribution is -0.697. The molecule has 0 unspecified atom stereocenters. The van der Waals surface area contributed by atoms with Crippen molar-refractivity contribution < 1.29 is 26.9 Å². The van der Waals surface area contributed by atoms with Gasteiger partial charge in [-0.15, -0.1) is 0 Å². The third-order valence-corrected chi connectivity index (χ3v) is 3.83. The molecule has 0 radical (unpaired) electrons. The van der Waals surface area contributed by atoms with E-state index in [0.29, 0.717) is 0 Å². The second-order valence-corrected chi connectivity index (χ2v) is 5.65. The number of aliphatic carboxylic acids is 1. The number of halogens is 1. The van der Waals surface area contributed by atoms with Gasteiger partial charge in [-0.1, -0.05) is 43.3 Å². The van der Waals surface area contributed by atoms with E-state index < -0.39 is 5.97 Å². The average Bonchev–Trinajstić information content (AvgIpc) is 2.58. The van der Waals surface area contributed by atoms with E-state index in [0.717, 1.165) is 31.4 Å². The summed E-state index contributed by atoms with van der Waals surface area (Å²) in [4.78, 5) is 10.5. The summed E-state index contributed by atoms with van der Waals surface area (Å²) < 4.78 is 2.09. The highest BCUT2D eigenvalue weighted by molar-refractivity contribution is 5.69. The van der Waals surface area contributed by atoms with Gasteiger partial charge in [0.15, 0.2) is 12.4 Å². The predicted molar refractivity (Wildman–Crippen MR) is 92.9 cm³/mol. The van der Waals surface area contributed by atoms with Gasteiger partial charge in [0.25, 0.3) is 0 Å². The smallest absolute Gasteiger partial charge is 0.303 e. The summed E-state index contributed by atoms with van der Waals surface area (Å²) in [5.74, 6) is -0.720. The first-order chi connectivity index (χ1) is 11.2. The number of aromatic nitrogens is 1. The minimum atomic E-state index is -0.720. The van der Waals surface area contributed by atoms with Gasteiger partial charge in [-0.05, 0) is 29.5 Å². The number of rotatable bonds is 8. The molecule has 0 saturated carbocycles. The maximum Gasteiger partial charge on any atom is 0.303 e. The fraction of sp³-hybridized carbons (Fsp3) is 0.300. The summed E-state index contributed by atoms with van der Waals surface area (Å²) in [6, 6.07) is 12.8. The topological polar surface area (TPSA) is 41.2 Å². The van der Waals surface area contributed by atoms with Crippen molar-refractivity contribution in [2.45, 2.75) is 39.2 Å². The second-order valence-electron chi connectivity index (χ2n) is 5.65. The molecule has 0 spiro atoms. The average molecular weight is 346 g/mol. The van der Waals surface area contributed by atoms with E-state index >= 15 is 0 Å². The van der Waals surface area contributed by atoms with Crippen LogP contribution in [-0.2, 0) is 17.8 Å². The molecule has 1 aromatic carbocycles. The minimum Gasteiger partial charge on any atom is -1.00 e. The number of carboxylic acid groups (broad SMARTS) is 1. The zero-order valence-corrected chi connectivity index (χ0v) is 14.7. The highest BCUT2D eigenvalue weighted by atomic mass is 35.5. The van der Waals surface area contributed by atoms with Gasteiger partial charge in [-0.2, -0.15) is 0 Å². The van der Waals surface area contributed by atoms with Crippen LogP contribution < -0.4 is 17.0 Å². The molecule has 4 heteroatoms. The maximum absolute atomic E-state index is 10.5. The van der Waals surface area contributed by atoms with Crippen LogP contribution in [0.3, 0.4) is 0 Å². The maximum atomic E-state index is 10.5. The summed E-state index contributed by atoms with van der Waals surface area (Å²) in [7, 11) is 0. The Labute approximate surface area is 150 Å².